The lowest BCUT2D eigenvalue weighted by molar-refractivity contribution is -0.117. The van der Waals surface area contributed by atoms with Gasteiger partial charge in [-0.2, -0.15) is 0 Å². The predicted molar refractivity (Wildman–Crippen MR) is 74.6 cm³/mol. The molecular weight excluding hydrogens is 277 g/mol. The minimum atomic E-state index is -0.0401. The summed E-state index contributed by atoms with van der Waals surface area (Å²) in [6, 6.07) is 5.52. The Labute approximate surface area is 119 Å². The van der Waals surface area contributed by atoms with Crippen molar-refractivity contribution in [3.63, 3.8) is 0 Å². The second kappa shape index (κ2) is 9.10. The zero-order chi connectivity index (χ0) is 11.2. The third kappa shape index (κ3) is 5.64. The Balaban J connectivity index is 0.00000144. The monoisotopic (exact) mass is 293 g/mol. The van der Waals surface area contributed by atoms with E-state index in [4.69, 9.17) is 4.74 Å². The van der Waals surface area contributed by atoms with Crippen LogP contribution in [0.4, 0.5) is 5.82 Å². The number of anilines is 1. The summed E-state index contributed by atoms with van der Waals surface area (Å²) in [7, 11) is 0. The van der Waals surface area contributed by atoms with E-state index in [9.17, 15) is 4.79 Å². The standard InChI is InChI=1S/C11H15N3O2.2ClH/c15-11(7-9-8-16-6-5-12-9)14-10-3-1-2-4-13-10;;/h1-4,9,12H,5-8H2,(H,13,14,15);2*1H. The van der Waals surface area contributed by atoms with E-state index in [1.807, 2.05) is 12.1 Å². The third-order valence-electron chi connectivity index (χ3n) is 2.36. The SMILES string of the molecule is Cl.Cl.O=C(CC1COCCN1)Nc1ccccn1. The van der Waals surface area contributed by atoms with E-state index < -0.39 is 0 Å². The summed E-state index contributed by atoms with van der Waals surface area (Å²) in [6.07, 6.45) is 2.06. The molecule has 2 heterocycles. The quantitative estimate of drug-likeness (QED) is 0.880. The highest BCUT2D eigenvalue weighted by Crippen LogP contribution is 2.03. The molecule has 1 fully saturated rings. The summed E-state index contributed by atoms with van der Waals surface area (Å²) in [4.78, 5) is 15.7. The molecule has 1 atom stereocenters. The number of rotatable bonds is 3. The van der Waals surface area contributed by atoms with Gasteiger partial charge in [-0.1, -0.05) is 6.07 Å². The molecule has 102 valence electrons. The number of nitrogens with one attached hydrogen (secondary N) is 2. The number of carbonyl (C=O) groups is 1. The Morgan fingerprint density at radius 1 is 1.50 bits per heavy atom. The first-order valence-corrected chi connectivity index (χ1v) is 5.36. The molecule has 0 bridgehead atoms. The molecule has 18 heavy (non-hydrogen) atoms. The number of nitrogens with zero attached hydrogens (tertiary/aromatic N) is 1. The molecule has 1 unspecified atom stereocenters. The first kappa shape index (κ1) is 17.1. The lowest BCUT2D eigenvalue weighted by Gasteiger charge is -2.23. The van der Waals surface area contributed by atoms with Crippen LogP contribution in [0.25, 0.3) is 0 Å². The van der Waals surface area contributed by atoms with Crippen LogP contribution in [0.1, 0.15) is 6.42 Å². The van der Waals surface area contributed by atoms with Gasteiger partial charge in [0.05, 0.1) is 13.2 Å². The zero-order valence-electron chi connectivity index (χ0n) is 9.80. The van der Waals surface area contributed by atoms with Gasteiger partial charge in [-0.25, -0.2) is 4.98 Å². The highest BCUT2D eigenvalue weighted by atomic mass is 35.5. The number of halogens is 2. The Bertz CT molecular complexity index is 345. The molecular formula is C11H17Cl2N3O2. The van der Waals surface area contributed by atoms with Gasteiger partial charge in [0.1, 0.15) is 5.82 Å². The topological polar surface area (TPSA) is 63.2 Å². The summed E-state index contributed by atoms with van der Waals surface area (Å²) < 4.78 is 5.28. The van der Waals surface area contributed by atoms with Gasteiger partial charge < -0.3 is 15.4 Å². The van der Waals surface area contributed by atoms with Crippen molar-refractivity contribution in [1.29, 1.82) is 0 Å². The minimum absolute atomic E-state index is 0. The average molecular weight is 294 g/mol. The summed E-state index contributed by atoms with van der Waals surface area (Å²) in [5.74, 6) is 0.547. The van der Waals surface area contributed by atoms with E-state index in [0.29, 0.717) is 18.8 Å². The lowest BCUT2D eigenvalue weighted by Crippen LogP contribution is -2.43. The summed E-state index contributed by atoms with van der Waals surface area (Å²) in [6.45, 7) is 2.12. The molecule has 0 spiro atoms. The Hall–Kier alpha value is -0.880. The van der Waals surface area contributed by atoms with E-state index in [0.717, 1.165) is 13.2 Å². The van der Waals surface area contributed by atoms with Crippen LogP contribution in [-0.2, 0) is 9.53 Å². The van der Waals surface area contributed by atoms with Crippen molar-refractivity contribution >= 4 is 36.5 Å². The van der Waals surface area contributed by atoms with E-state index in [2.05, 4.69) is 15.6 Å². The van der Waals surface area contributed by atoms with Crippen molar-refractivity contribution in [2.45, 2.75) is 12.5 Å². The van der Waals surface area contributed by atoms with Gasteiger partial charge in [0.2, 0.25) is 5.91 Å². The van der Waals surface area contributed by atoms with Gasteiger partial charge in [0.25, 0.3) is 0 Å². The van der Waals surface area contributed by atoms with E-state index >= 15 is 0 Å². The summed E-state index contributed by atoms with van der Waals surface area (Å²) in [5.41, 5.74) is 0. The van der Waals surface area contributed by atoms with Gasteiger partial charge in [-0.15, -0.1) is 24.8 Å². The fraction of sp³-hybridized carbons (Fsp3) is 0.455. The smallest absolute Gasteiger partial charge is 0.227 e. The van der Waals surface area contributed by atoms with Crippen LogP contribution >= 0.6 is 24.8 Å². The first-order chi connectivity index (χ1) is 7.84. The van der Waals surface area contributed by atoms with E-state index in [1.54, 1.807) is 12.3 Å². The fourth-order valence-electron chi connectivity index (χ4n) is 1.61. The van der Waals surface area contributed by atoms with Crippen LogP contribution in [-0.4, -0.2) is 36.7 Å². The number of amides is 1. The highest BCUT2D eigenvalue weighted by Gasteiger charge is 2.16. The molecule has 1 aromatic heterocycles. The number of pyridine rings is 1. The number of carbonyl (C=O) groups excluding carboxylic acids is 1. The molecule has 0 aliphatic carbocycles. The maximum Gasteiger partial charge on any atom is 0.227 e. The molecule has 1 aliphatic heterocycles. The van der Waals surface area contributed by atoms with Crippen molar-refractivity contribution in [2.24, 2.45) is 0 Å². The average Bonchev–Trinajstić information content (AvgIpc) is 2.31. The van der Waals surface area contributed by atoms with Crippen molar-refractivity contribution < 1.29 is 9.53 Å². The van der Waals surface area contributed by atoms with Crippen LogP contribution in [0.5, 0.6) is 0 Å². The number of hydrogen-bond donors (Lipinski definition) is 2. The van der Waals surface area contributed by atoms with Crippen LogP contribution in [0.15, 0.2) is 24.4 Å². The number of morpholine rings is 1. The van der Waals surface area contributed by atoms with Crippen LogP contribution in [0, 0.1) is 0 Å². The molecule has 1 aromatic rings. The van der Waals surface area contributed by atoms with E-state index in [-0.39, 0.29) is 36.8 Å². The van der Waals surface area contributed by atoms with Crippen molar-refractivity contribution in [3.8, 4) is 0 Å². The molecule has 1 amide bonds. The fourth-order valence-corrected chi connectivity index (χ4v) is 1.61. The third-order valence-corrected chi connectivity index (χ3v) is 2.36. The van der Waals surface area contributed by atoms with Gasteiger partial charge in [-0.3, -0.25) is 4.79 Å². The number of ether oxygens (including phenoxy) is 1. The second-order valence-corrected chi connectivity index (χ2v) is 3.69. The van der Waals surface area contributed by atoms with Crippen molar-refractivity contribution in [1.82, 2.24) is 10.3 Å². The molecule has 0 aromatic carbocycles. The molecule has 1 saturated heterocycles. The predicted octanol–water partition coefficient (Wildman–Crippen LogP) is 1.24. The number of hydrogen-bond acceptors (Lipinski definition) is 4. The minimum Gasteiger partial charge on any atom is -0.378 e. The largest absolute Gasteiger partial charge is 0.378 e. The zero-order valence-corrected chi connectivity index (χ0v) is 11.4. The Kier molecular flexibility index (Phi) is 8.66. The van der Waals surface area contributed by atoms with Gasteiger partial charge >= 0.3 is 0 Å². The molecule has 5 nitrogen and oxygen atoms in total. The molecule has 1 aliphatic rings. The van der Waals surface area contributed by atoms with Gasteiger partial charge in [-0.05, 0) is 12.1 Å². The summed E-state index contributed by atoms with van der Waals surface area (Å²) >= 11 is 0. The second-order valence-electron chi connectivity index (χ2n) is 3.69. The lowest BCUT2D eigenvalue weighted by atomic mass is 10.2. The van der Waals surface area contributed by atoms with Crippen molar-refractivity contribution in [2.75, 3.05) is 25.1 Å². The maximum atomic E-state index is 11.6. The molecule has 0 radical (unpaired) electrons. The summed E-state index contributed by atoms with van der Waals surface area (Å²) in [5, 5.41) is 5.97. The molecule has 0 saturated carbocycles. The van der Waals surface area contributed by atoms with Crippen LogP contribution in [0.3, 0.4) is 0 Å². The highest BCUT2D eigenvalue weighted by molar-refractivity contribution is 5.90. The first-order valence-electron chi connectivity index (χ1n) is 5.36. The molecule has 2 N–H and O–H groups in total. The van der Waals surface area contributed by atoms with Gasteiger partial charge in [0.15, 0.2) is 0 Å². The Morgan fingerprint density at radius 2 is 2.33 bits per heavy atom. The Morgan fingerprint density at radius 3 is 2.94 bits per heavy atom. The maximum absolute atomic E-state index is 11.6. The van der Waals surface area contributed by atoms with Crippen LogP contribution < -0.4 is 10.6 Å². The number of aromatic nitrogens is 1. The van der Waals surface area contributed by atoms with Crippen molar-refractivity contribution in [3.05, 3.63) is 24.4 Å². The van der Waals surface area contributed by atoms with Crippen LogP contribution in [0.2, 0.25) is 0 Å². The van der Waals surface area contributed by atoms with Gasteiger partial charge in [0, 0.05) is 25.2 Å². The normalized spacial score (nSPS) is 18.1. The van der Waals surface area contributed by atoms with E-state index in [1.165, 1.54) is 0 Å². The molecule has 2 rings (SSSR count). The molecule has 7 heteroatoms.